The first-order chi connectivity index (χ1) is 14.6. The molecule has 0 amide bonds. The van der Waals surface area contributed by atoms with E-state index in [4.69, 9.17) is 4.74 Å². The second kappa shape index (κ2) is 10.7. The molecule has 3 aromatic carbocycles. The lowest BCUT2D eigenvalue weighted by atomic mass is 9.88. The Hall–Kier alpha value is -2.95. The van der Waals surface area contributed by atoms with Crippen molar-refractivity contribution in [3.8, 4) is 5.75 Å². The summed E-state index contributed by atoms with van der Waals surface area (Å²) in [6.45, 7) is 1.48. The highest BCUT2D eigenvalue weighted by atomic mass is 19.1. The van der Waals surface area contributed by atoms with Gasteiger partial charge in [0.25, 0.3) is 0 Å². The van der Waals surface area contributed by atoms with Crippen LogP contribution in [-0.2, 0) is 0 Å². The van der Waals surface area contributed by atoms with E-state index in [2.05, 4.69) is 17.0 Å². The second-order valence-electron chi connectivity index (χ2n) is 7.38. The number of halogens is 1. The minimum absolute atomic E-state index is 0.00870. The molecular weight excluding hydrogens is 377 g/mol. The van der Waals surface area contributed by atoms with Gasteiger partial charge in [0.1, 0.15) is 18.2 Å². The van der Waals surface area contributed by atoms with E-state index in [9.17, 15) is 9.50 Å². The van der Waals surface area contributed by atoms with Gasteiger partial charge in [0, 0.05) is 13.2 Å². The molecular formula is C26H28FNO2. The zero-order chi connectivity index (χ0) is 21.3. The maximum absolute atomic E-state index is 13.5. The van der Waals surface area contributed by atoms with Crippen LogP contribution in [0.25, 0.3) is 11.1 Å². The van der Waals surface area contributed by atoms with Gasteiger partial charge in [-0.1, -0.05) is 54.6 Å². The number of benzene rings is 3. The fraction of sp³-hybridized carbons (Fsp3) is 0.231. The molecule has 0 aliphatic heterocycles. The summed E-state index contributed by atoms with van der Waals surface area (Å²) in [5.41, 5.74) is 4.97. The molecule has 4 heteroatoms. The summed E-state index contributed by atoms with van der Waals surface area (Å²) >= 11 is 0. The summed E-state index contributed by atoms with van der Waals surface area (Å²) in [4.78, 5) is 2.08. The van der Waals surface area contributed by atoms with Gasteiger partial charge in [-0.2, -0.15) is 0 Å². The highest BCUT2D eigenvalue weighted by Crippen LogP contribution is 2.35. The molecule has 0 aliphatic rings. The van der Waals surface area contributed by atoms with Crippen molar-refractivity contribution in [3.05, 3.63) is 101 Å². The van der Waals surface area contributed by atoms with Crippen molar-refractivity contribution in [3.63, 3.8) is 0 Å². The highest BCUT2D eigenvalue weighted by molar-refractivity contribution is 5.98. The van der Waals surface area contributed by atoms with Crippen LogP contribution >= 0.6 is 0 Å². The van der Waals surface area contributed by atoms with Crippen molar-refractivity contribution in [1.29, 1.82) is 0 Å². The van der Waals surface area contributed by atoms with Gasteiger partial charge in [-0.25, -0.2) is 4.39 Å². The van der Waals surface area contributed by atoms with E-state index in [0.717, 1.165) is 40.1 Å². The summed E-state index contributed by atoms with van der Waals surface area (Å²) < 4.78 is 19.3. The maximum Gasteiger partial charge on any atom is 0.123 e. The summed E-state index contributed by atoms with van der Waals surface area (Å²) in [5.74, 6) is 0.543. The Morgan fingerprint density at radius 3 is 2.03 bits per heavy atom. The summed E-state index contributed by atoms with van der Waals surface area (Å²) in [6.07, 6.45) is 0.469. The van der Waals surface area contributed by atoms with Crippen molar-refractivity contribution in [2.45, 2.75) is 6.42 Å². The normalized spacial score (nSPS) is 12.0. The Labute approximate surface area is 178 Å². The van der Waals surface area contributed by atoms with Crippen LogP contribution in [0.5, 0.6) is 5.75 Å². The minimum atomic E-state index is -0.275. The maximum atomic E-state index is 13.5. The molecule has 0 saturated heterocycles. The summed E-state index contributed by atoms with van der Waals surface area (Å²) in [5, 5.41) is 9.75. The minimum Gasteiger partial charge on any atom is -0.492 e. The molecule has 3 aromatic rings. The third kappa shape index (κ3) is 5.78. The SMILES string of the molecule is CN(C)CCOc1ccc(/C(=C(/CCO)c2ccc(F)cc2)c2ccccc2)cc1. The largest absolute Gasteiger partial charge is 0.492 e. The zero-order valence-corrected chi connectivity index (χ0v) is 17.5. The summed E-state index contributed by atoms with van der Waals surface area (Å²) in [6, 6.07) is 24.5. The lowest BCUT2D eigenvalue weighted by Gasteiger charge is -2.17. The lowest BCUT2D eigenvalue weighted by molar-refractivity contribution is 0.261. The van der Waals surface area contributed by atoms with Crippen LogP contribution in [0.1, 0.15) is 23.1 Å². The number of hydrogen-bond donors (Lipinski definition) is 1. The van der Waals surface area contributed by atoms with E-state index in [1.807, 2.05) is 56.6 Å². The Kier molecular flexibility index (Phi) is 7.77. The van der Waals surface area contributed by atoms with Gasteiger partial charge in [0.2, 0.25) is 0 Å². The summed E-state index contributed by atoms with van der Waals surface area (Å²) in [7, 11) is 4.03. The molecule has 0 fully saturated rings. The number of ether oxygens (including phenoxy) is 1. The van der Waals surface area contributed by atoms with Gasteiger partial charge < -0.3 is 14.7 Å². The first kappa shape index (κ1) is 21.8. The number of aliphatic hydroxyl groups excluding tert-OH is 1. The molecule has 0 radical (unpaired) electrons. The molecule has 0 saturated carbocycles. The Bertz CT molecular complexity index is 949. The fourth-order valence-corrected chi connectivity index (χ4v) is 3.36. The van der Waals surface area contributed by atoms with E-state index < -0.39 is 0 Å². The topological polar surface area (TPSA) is 32.7 Å². The molecule has 3 rings (SSSR count). The van der Waals surface area contributed by atoms with Crippen LogP contribution < -0.4 is 4.74 Å². The van der Waals surface area contributed by atoms with Gasteiger partial charge in [0.05, 0.1) is 0 Å². The quantitative estimate of drug-likeness (QED) is 0.502. The van der Waals surface area contributed by atoms with Gasteiger partial charge in [0.15, 0.2) is 0 Å². The van der Waals surface area contributed by atoms with E-state index in [1.54, 1.807) is 12.1 Å². The third-order valence-corrected chi connectivity index (χ3v) is 4.87. The van der Waals surface area contributed by atoms with Crippen LogP contribution in [-0.4, -0.2) is 43.9 Å². The van der Waals surface area contributed by atoms with Crippen molar-refractivity contribution < 1.29 is 14.2 Å². The molecule has 0 bridgehead atoms. The first-order valence-electron chi connectivity index (χ1n) is 10.1. The number of likely N-dealkylation sites (N-methyl/N-ethyl adjacent to an activating group) is 1. The Morgan fingerprint density at radius 1 is 0.833 bits per heavy atom. The standard InChI is InChI=1S/C26H28FNO2/c1-28(2)17-19-30-24-14-10-22(11-15-24)26(21-6-4-3-5-7-21)25(16-18-29)20-8-12-23(27)13-9-20/h3-15,29H,16-19H2,1-2H3/b26-25-. The predicted octanol–water partition coefficient (Wildman–Crippen LogP) is 5.11. The molecule has 30 heavy (non-hydrogen) atoms. The van der Waals surface area contributed by atoms with Gasteiger partial charge in [-0.05, 0) is 72.6 Å². The number of hydrogen-bond acceptors (Lipinski definition) is 3. The van der Waals surface area contributed by atoms with E-state index in [1.165, 1.54) is 12.1 Å². The van der Waals surface area contributed by atoms with Gasteiger partial charge >= 0.3 is 0 Å². The molecule has 0 unspecified atom stereocenters. The smallest absolute Gasteiger partial charge is 0.123 e. The fourth-order valence-electron chi connectivity index (χ4n) is 3.36. The molecule has 3 nitrogen and oxygen atoms in total. The molecule has 0 aliphatic carbocycles. The highest BCUT2D eigenvalue weighted by Gasteiger charge is 2.14. The van der Waals surface area contributed by atoms with Crippen molar-refractivity contribution >= 4 is 11.1 Å². The number of aliphatic hydroxyl groups is 1. The first-order valence-corrected chi connectivity index (χ1v) is 10.1. The van der Waals surface area contributed by atoms with Crippen LogP contribution in [0.2, 0.25) is 0 Å². The number of rotatable bonds is 9. The molecule has 1 N–H and O–H groups in total. The van der Waals surface area contributed by atoms with Crippen LogP contribution in [0.4, 0.5) is 4.39 Å². The third-order valence-electron chi connectivity index (χ3n) is 4.87. The molecule has 156 valence electrons. The Morgan fingerprint density at radius 2 is 1.43 bits per heavy atom. The second-order valence-corrected chi connectivity index (χ2v) is 7.38. The molecule has 0 heterocycles. The molecule has 0 atom stereocenters. The van der Waals surface area contributed by atoms with E-state index >= 15 is 0 Å². The Balaban J connectivity index is 2.04. The van der Waals surface area contributed by atoms with Crippen molar-refractivity contribution in [2.75, 3.05) is 33.9 Å². The average molecular weight is 406 g/mol. The van der Waals surface area contributed by atoms with Crippen LogP contribution in [0, 0.1) is 5.82 Å². The van der Waals surface area contributed by atoms with Crippen LogP contribution in [0.15, 0.2) is 78.9 Å². The average Bonchev–Trinajstić information content (AvgIpc) is 2.76. The van der Waals surface area contributed by atoms with Crippen molar-refractivity contribution in [1.82, 2.24) is 4.90 Å². The van der Waals surface area contributed by atoms with Gasteiger partial charge in [-0.15, -0.1) is 0 Å². The van der Waals surface area contributed by atoms with Gasteiger partial charge in [-0.3, -0.25) is 0 Å². The van der Waals surface area contributed by atoms with E-state index in [0.29, 0.717) is 13.0 Å². The van der Waals surface area contributed by atoms with E-state index in [-0.39, 0.29) is 12.4 Å². The predicted molar refractivity (Wildman–Crippen MR) is 121 cm³/mol. The van der Waals surface area contributed by atoms with Crippen LogP contribution in [0.3, 0.4) is 0 Å². The number of nitrogens with zero attached hydrogens (tertiary/aromatic N) is 1. The molecule has 0 spiro atoms. The monoisotopic (exact) mass is 405 g/mol. The van der Waals surface area contributed by atoms with Crippen molar-refractivity contribution in [2.24, 2.45) is 0 Å². The molecule has 0 aromatic heterocycles. The lowest BCUT2D eigenvalue weighted by Crippen LogP contribution is -2.19. The zero-order valence-electron chi connectivity index (χ0n) is 17.5.